The lowest BCUT2D eigenvalue weighted by Crippen LogP contribution is -2.26. The van der Waals surface area contributed by atoms with Crippen LogP contribution in [0, 0.1) is 0 Å². The first-order valence-electron chi connectivity index (χ1n) is 8.91. The predicted molar refractivity (Wildman–Crippen MR) is 101 cm³/mol. The van der Waals surface area contributed by atoms with Gasteiger partial charge in [-0.05, 0) is 73.6 Å². The molecular formula is C21H24ClNO2. The monoisotopic (exact) mass is 357 g/mol. The maximum absolute atomic E-state index is 12.1. The summed E-state index contributed by atoms with van der Waals surface area (Å²) in [4.78, 5) is 12.1. The van der Waals surface area contributed by atoms with Gasteiger partial charge < -0.3 is 10.1 Å². The maximum Gasteiger partial charge on any atom is 0.220 e. The highest BCUT2D eigenvalue weighted by Gasteiger charge is 2.14. The van der Waals surface area contributed by atoms with Crippen LogP contribution in [0.5, 0.6) is 5.75 Å². The molecule has 0 fully saturated rings. The van der Waals surface area contributed by atoms with E-state index in [1.807, 2.05) is 19.1 Å². The number of carbonyl (C=O) groups excluding carboxylic acids is 1. The number of hydrogen-bond acceptors (Lipinski definition) is 2. The molecule has 1 N–H and O–H groups in total. The number of ether oxygens (including phenoxy) is 1. The summed E-state index contributed by atoms with van der Waals surface area (Å²) in [7, 11) is 0. The number of fused-ring (bicyclic) bond motifs is 1. The summed E-state index contributed by atoms with van der Waals surface area (Å²) in [5, 5.41) is 3.77. The van der Waals surface area contributed by atoms with Gasteiger partial charge in [0.05, 0.1) is 12.6 Å². The number of halogens is 1. The molecule has 132 valence electrons. The molecule has 0 saturated heterocycles. The van der Waals surface area contributed by atoms with Gasteiger partial charge in [-0.25, -0.2) is 0 Å². The second-order valence-electron chi connectivity index (χ2n) is 6.58. The molecule has 3 nitrogen and oxygen atoms in total. The van der Waals surface area contributed by atoms with Crippen molar-refractivity contribution >= 4 is 17.5 Å². The van der Waals surface area contributed by atoms with E-state index in [2.05, 4.69) is 23.5 Å². The average Bonchev–Trinajstić information content (AvgIpc) is 3.08. The number of benzene rings is 2. The van der Waals surface area contributed by atoms with E-state index in [0.29, 0.717) is 24.5 Å². The molecule has 0 aliphatic heterocycles. The largest absolute Gasteiger partial charge is 0.494 e. The van der Waals surface area contributed by atoms with Crippen molar-refractivity contribution in [2.75, 3.05) is 6.61 Å². The van der Waals surface area contributed by atoms with Gasteiger partial charge in [0.2, 0.25) is 5.91 Å². The van der Waals surface area contributed by atoms with Crippen LogP contribution in [0.4, 0.5) is 0 Å². The molecule has 1 atom stereocenters. The lowest BCUT2D eigenvalue weighted by molar-refractivity contribution is -0.121. The van der Waals surface area contributed by atoms with Crippen LogP contribution in [0.15, 0.2) is 42.5 Å². The molecule has 0 radical (unpaired) electrons. The number of hydrogen-bond donors (Lipinski definition) is 1. The van der Waals surface area contributed by atoms with Crippen molar-refractivity contribution in [2.45, 2.75) is 45.1 Å². The molecule has 3 rings (SSSR count). The average molecular weight is 358 g/mol. The van der Waals surface area contributed by atoms with Gasteiger partial charge in [0, 0.05) is 11.4 Å². The summed E-state index contributed by atoms with van der Waals surface area (Å²) in [5.74, 6) is 0.837. The second kappa shape index (κ2) is 8.39. The molecule has 0 bridgehead atoms. The molecule has 1 aliphatic rings. The van der Waals surface area contributed by atoms with Crippen molar-refractivity contribution in [3.8, 4) is 5.75 Å². The normalized spacial score (nSPS) is 14.0. The Labute approximate surface area is 154 Å². The van der Waals surface area contributed by atoms with Gasteiger partial charge in [-0.3, -0.25) is 4.79 Å². The van der Waals surface area contributed by atoms with E-state index >= 15 is 0 Å². The van der Waals surface area contributed by atoms with Crippen molar-refractivity contribution in [3.63, 3.8) is 0 Å². The van der Waals surface area contributed by atoms with Crippen molar-refractivity contribution in [3.05, 3.63) is 64.2 Å². The highest BCUT2D eigenvalue weighted by molar-refractivity contribution is 6.30. The van der Waals surface area contributed by atoms with Crippen LogP contribution < -0.4 is 10.1 Å². The van der Waals surface area contributed by atoms with Crippen molar-refractivity contribution in [1.82, 2.24) is 5.32 Å². The highest BCUT2D eigenvalue weighted by Crippen LogP contribution is 2.25. The zero-order valence-electron chi connectivity index (χ0n) is 14.6. The molecule has 0 aromatic heterocycles. The first-order valence-corrected chi connectivity index (χ1v) is 9.29. The Bertz CT molecular complexity index is 727. The highest BCUT2D eigenvalue weighted by atomic mass is 35.5. The molecule has 1 aliphatic carbocycles. The number of amides is 1. The lowest BCUT2D eigenvalue weighted by atomic mass is 10.0. The topological polar surface area (TPSA) is 38.3 Å². The van der Waals surface area contributed by atoms with Gasteiger partial charge in [-0.2, -0.15) is 0 Å². The van der Waals surface area contributed by atoms with Gasteiger partial charge in [0.15, 0.2) is 0 Å². The van der Waals surface area contributed by atoms with Crippen molar-refractivity contribution in [1.29, 1.82) is 0 Å². The molecule has 0 spiro atoms. The van der Waals surface area contributed by atoms with Crippen LogP contribution in [-0.4, -0.2) is 12.5 Å². The van der Waals surface area contributed by atoms with Crippen LogP contribution in [0.25, 0.3) is 0 Å². The van der Waals surface area contributed by atoms with E-state index in [1.54, 1.807) is 12.1 Å². The lowest BCUT2D eigenvalue weighted by Gasteiger charge is -2.16. The zero-order valence-corrected chi connectivity index (χ0v) is 15.3. The Kier molecular flexibility index (Phi) is 5.98. The Hall–Kier alpha value is -2.00. The van der Waals surface area contributed by atoms with E-state index in [9.17, 15) is 4.79 Å². The molecule has 4 heteroatoms. The third kappa shape index (κ3) is 4.99. The summed E-state index contributed by atoms with van der Waals surface area (Å²) in [6.07, 6.45) is 4.73. The molecular weight excluding hydrogens is 334 g/mol. The maximum atomic E-state index is 12.1. The van der Waals surface area contributed by atoms with Crippen molar-refractivity contribution < 1.29 is 9.53 Å². The van der Waals surface area contributed by atoms with Gasteiger partial charge in [0.25, 0.3) is 0 Å². The van der Waals surface area contributed by atoms with Crippen LogP contribution in [0.3, 0.4) is 0 Å². The van der Waals surface area contributed by atoms with Crippen LogP contribution in [0.1, 0.15) is 48.9 Å². The third-order valence-corrected chi connectivity index (χ3v) is 4.88. The zero-order chi connectivity index (χ0) is 17.6. The fourth-order valence-corrected chi connectivity index (χ4v) is 3.34. The number of rotatable bonds is 7. The molecule has 2 aromatic carbocycles. The first kappa shape index (κ1) is 17.8. The molecule has 25 heavy (non-hydrogen) atoms. The quantitative estimate of drug-likeness (QED) is 0.718. The molecule has 0 unspecified atom stereocenters. The van der Waals surface area contributed by atoms with E-state index in [-0.39, 0.29) is 11.9 Å². The minimum absolute atomic E-state index is 0.0376. The number of carbonyl (C=O) groups is 1. The summed E-state index contributed by atoms with van der Waals surface area (Å²) >= 11 is 5.84. The minimum Gasteiger partial charge on any atom is -0.494 e. The van der Waals surface area contributed by atoms with Gasteiger partial charge in [-0.15, -0.1) is 0 Å². The van der Waals surface area contributed by atoms with Gasteiger partial charge in [0.1, 0.15) is 5.75 Å². The van der Waals surface area contributed by atoms with Crippen molar-refractivity contribution in [2.24, 2.45) is 0 Å². The van der Waals surface area contributed by atoms with Crippen LogP contribution >= 0.6 is 11.6 Å². The number of nitrogens with one attached hydrogen (secondary N) is 1. The Morgan fingerprint density at radius 2 is 1.92 bits per heavy atom. The van der Waals surface area contributed by atoms with E-state index < -0.39 is 0 Å². The Morgan fingerprint density at radius 1 is 1.16 bits per heavy atom. The molecule has 2 aromatic rings. The molecule has 0 heterocycles. The smallest absolute Gasteiger partial charge is 0.220 e. The molecule has 1 amide bonds. The van der Waals surface area contributed by atoms with E-state index in [1.165, 1.54) is 29.5 Å². The second-order valence-corrected chi connectivity index (χ2v) is 7.01. The van der Waals surface area contributed by atoms with E-state index in [4.69, 9.17) is 16.3 Å². The summed E-state index contributed by atoms with van der Waals surface area (Å²) in [6.45, 7) is 2.56. The summed E-state index contributed by atoms with van der Waals surface area (Å²) in [5.41, 5.74) is 4.09. The Morgan fingerprint density at radius 3 is 2.72 bits per heavy atom. The van der Waals surface area contributed by atoms with Gasteiger partial charge >= 0.3 is 0 Å². The Balaban J connectivity index is 1.40. The van der Waals surface area contributed by atoms with Crippen LogP contribution in [0.2, 0.25) is 5.02 Å². The third-order valence-electron chi connectivity index (χ3n) is 4.63. The SMILES string of the molecule is C[C@@H](NC(=O)CCCOc1ccc(Cl)cc1)c1ccc2c(c1)CCC2. The standard InChI is InChI=1S/C21H24ClNO2/c1-15(17-8-7-16-4-2-5-18(16)14-17)23-21(24)6-3-13-25-20-11-9-19(22)10-12-20/h7-12,14-15H,2-6,13H2,1H3,(H,23,24)/t15-/m1/s1. The molecule has 0 saturated carbocycles. The fourth-order valence-electron chi connectivity index (χ4n) is 3.21. The minimum atomic E-state index is 0.0376. The summed E-state index contributed by atoms with van der Waals surface area (Å²) < 4.78 is 5.61. The van der Waals surface area contributed by atoms with Gasteiger partial charge in [-0.1, -0.05) is 29.8 Å². The van der Waals surface area contributed by atoms with E-state index in [0.717, 1.165) is 12.2 Å². The first-order chi connectivity index (χ1) is 12.1. The number of aryl methyl sites for hydroxylation is 2. The predicted octanol–water partition coefficient (Wildman–Crippen LogP) is 4.87. The fraction of sp³-hybridized carbons (Fsp3) is 0.381. The van der Waals surface area contributed by atoms with Crippen LogP contribution in [-0.2, 0) is 17.6 Å². The summed E-state index contributed by atoms with van der Waals surface area (Å²) in [6, 6.07) is 13.9.